The zero-order valence-electron chi connectivity index (χ0n) is 15.0. The smallest absolute Gasteiger partial charge is 0.336 e. The summed E-state index contributed by atoms with van der Waals surface area (Å²) in [5.74, 6) is 0.0896. The molecule has 0 amide bonds. The minimum absolute atomic E-state index is 0.0896. The average Bonchev–Trinajstić information content (AvgIpc) is 3.03. The van der Waals surface area contributed by atoms with Crippen LogP contribution in [0.4, 0.5) is 5.69 Å². The number of phenolic OH excluding ortho intramolecular Hbond substituents is 1. The Labute approximate surface area is 159 Å². The van der Waals surface area contributed by atoms with Gasteiger partial charge in [0.25, 0.3) is 0 Å². The van der Waals surface area contributed by atoms with Gasteiger partial charge in [-0.25, -0.2) is 4.79 Å². The molecule has 5 rings (SSSR count). The molecular weight excluding hydrogens is 354 g/mol. The summed E-state index contributed by atoms with van der Waals surface area (Å²) in [6.45, 7) is 1.89. The van der Waals surface area contributed by atoms with E-state index in [1.165, 1.54) is 6.07 Å². The average molecular weight is 369 g/mol. The first kappa shape index (κ1) is 16.3. The van der Waals surface area contributed by atoms with E-state index in [2.05, 4.69) is 4.99 Å². The molecule has 3 aromatic carbocycles. The third-order valence-electron chi connectivity index (χ3n) is 4.75. The first-order valence-corrected chi connectivity index (χ1v) is 8.81. The van der Waals surface area contributed by atoms with Gasteiger partial charge in [-0.2, -0.15) is 0 Å². The monoisotopic (exact) mass is 369 g/mol. The number of benzene rings is 3. The fourth-order valence-corrected chi connectivity index (χ4v) is 3.39. The molecule has 0 aliphatic heterocycles. The van der Waals surface area contributed by atoms with Gasteiger partial charge < -0.3 is 13.9 Å². The van der Waals surface area contributed by atoms with E-state index in [-0.39, 0.29) is 5.75 Å². The molecule has 0 bridgehead atoms. The van der Waals surface area contributed by atoms with Crippen molar-refractivity contribution in [2.24, 2.45) is 4.99 Å². The first-order chi connectivity index (χ1) is 13.6. The molecule has 2 aromatic heterocycles. The number of hydrogen-bond donors (Lipinski definition) is 1. The molecule has 5 nitrogen and oxygen atoms in total. The molecule has 0 radical (unpaired) electrons. The largest absolute Gasteiger partial charge is 0.506 e. The molecular formula is C23H15NO4. The minimum atomic E-state index is -0.475. The second-order valence-electron chi connectivity index (χ2n) is 6.71. The van der Waals surface area contributed by atoms with Gasteiger partial charge in [0.05, 0.1) is 0 Å². The van der Waals surface area contributed by atoms with E-state index in [0.29, 0.717) is 22.4 Å². The van der Waals surface area contributed by atoms with Crippen LogP contribution in [0.1, 0.15) is 11.1 Å². The van der Waals surface area contributed by atoms with Crippen molar-refractivity contribution in [3.8, 4) is 5.75 Å². The van der Waals surface area contributed by atoms with Crippen LogP contribution >= 0.6 is 0 Å². The van der Waals surface area contributed by atoms with Gasteiger partial charge in [-0.15, -0.1) is 0 Å². The predicted octanol–water partition coefficient (Wildman–Crippen LogP) is 5.46. The Morgan fingerprint density at radius 2 is 1.68 bits per heavy atom. The second kappa shape index (κ2) is 6.09. The van der Waals surface area contributed by atoms with E-state index in [1.54, 1.807) is 24.4 Å². The lowest BCUT2D eigenvalue weighted by Crippen LogP contribution is -2.00. The standard InChI is InChI=1S/C23H15NO4/c1-13-6-7-18(19(25)8-13)24-12-14-9-23(26)28-21-11-22-17(10-16(14)21)15-4-2-3-5-20(15)27-22/h2-12,25H,1H3. The molecule has 0 spiro atoms. The Balaban J connectivity index is 1.74. The number of nitrogens with zero attached hydrogens (tertiary/aromatic N) is 1. The van der Waals surface area contributed by atoms with Crippen LogP contribution in [0.3, 0.4) is 0 Å². The molecule has 0 saturated carbocycles. The molecule has 28 heavy (non-hydrogen) atoms. The molecule has 136 valence electrons. The maximum absolute atomic E-state index is 12.0. The number of para-hydroxylation sites is 1. The minimum Gasteiger partial charge on any atom is -0.506 e. The van der Waals surface area contributed by atoms with Crippen LogP contribution in [0.15, 0.2) is 79.3 Å². The summed E-state index contributed by atoms with van der Waals surface area (Å²) in [4.78, 5) is 16.4. The van der Waals surface area contributed by atoms with Crippen molar-refractivity contribution in [1.82, 2.24) is 0 Å². The van der Waals surface area contributed by atoms with E-state index in [9.17, 15) is 9.90 Å². The number of aryl methyl sites for hydroxylation is 1. The van der Waals surface area contributed by atoms with Gasteiger partial charge in [-0.3, -0.25) is 4.99 Å². The van der Waals surface area contributed by atoms with Gasteiger partial charge in [0.1, 0.15) is 28.2 Å². The van der Waals surface area contributed by atoms with E-state index in [0.717, 1.165) is 27.3 Å². The number of rotatable bonds is 2. The molecule has 0 aliphatic carbocycles. The van der Waals surface area contributed by atoms with Crippen molar-refractivity contribution in [1.29, 1.82) is 0 Å². The molecule has 0 atom stereocenters. The third kappa shape index (κ3) is 2.65. The lowest BCUT2D eigenvalue weighted by molar-refractivity contribution is 0.476. The number of aliphatic imine (C=N–C) groups is 1. The highest BCUT2D eigenvalue weighted by Gasteiger charge is 2.12. The maximum atomic E-state index is 12.0. The van der Waals surface area contributed by atoms with E-state index in [4.69, 9.17) is 8.83 Å². The summed E-state index contributed by atoms with van der Waals surface area (Å²) in [6.07, 6.45) is 1.57. The Hall–Kier alpha value is -3.86. The van der Waals surface area contributed by atoms with Crippen LogP contribution < -0.4 is 5.63 Å². The van der Waals surface area contributed by atoms with Crippen molar-refractivity contribution >= 4 is 44.8 Å². The molecule has 2 heterocycles. The molecule has 0 aliphatic rings. The highest BCUT2D eigenvalue weighted by Crippen LogP contribution is 2.33. The third-order valence-corrected chi connectivity index (χ3v) is 4.75. The van der Waals surface area contributed by atoms with Crippen LogP contribution in [0, 0.1) is 6.92 Å². The van der Waals surface area contributed by atoms with Crippen LogP contribution in [-0.2, 0) is 0 Å². The van der Waals surface area contributed by atoms with Gasteiger partial charge in [0, 0.05) is 40.1 Å². The number of furan rings is 1. The molecule has 5 heteroatoms. The van der Waals surface area contributed by atoms with Gasteiger partial charge in [0.15, 0.2) is 0 Å². The zero-order valence-corrected chi connectivity index (χ0v) is 15.0. The summed E-state index contributed by atoms with van der Waals surface area (Å²) in [5.41, 5.74) is 3.36. The van der Waals surface area contributed by atoms with E-state index in [1.807, 2.05) is 43.3 Å². The number of fused-ring (bicyclic) bond motifs is 4. The lowest BCUT2D eigenvalue weighted by Gasteiger charge is -2.02. The van der Waals surface area contributed by atoms with Gasteiger partial charge >= 0.3 is 5.63 Å². The number of phenols is 1. The summed E-state index contributed by atoms with van der Waals surface area (Å²) in [7, 11) is 0. The summed E-state index contributed by atoms with van der Waals surface area (Å²) < 4.78 is 11.2. The summed E-state index contributed by atoms with van der Waals surface area (Å²) in [6, 6.07) is 18.1. The molecule has 1 N–H and O–H groups in total. The second-order valence-corrected chi connectivity index (χ2v) is 6.71. The van der Waals surface area contributed by atoms with Gasteiger partial charge in [0.2, 0.25) is 0 Å². The topological polar surface area (TPSA) is 75.9 Å². The summed E-state index contributed by atoms with van der Waals surface area (Å²) in [5, 5.41) is 12.7. The van der Waals surface area contributed by atoms with Crippen molar-refractivity contribution in [3.05, 3.63) is 82.2 Å². The quantitative estimate of drug-likeness (QED) is 0.331. The van der Waals surface area contributed by atoms with E-state index >= 15 is 0 Å². The number of hydrogen-bond acceptors (Lipinski definition) is 5. The van der Waals surface area contributed by atoms with Crippen LogP contribution in [0.25, 0.3) is 32.9 Å². The Bertz CT molecular complexity index is 1460. The van der Waals surface area contributed by atoms with Crippen LogP contribution in [0.2, 0.25) is 0 Å². The van der Waals surface area contributed by atoms with Crippen LogP contribution in [0.5, 0.6) is 5.75 Å². The maximum Gasteiger partial charge on any atom is 0.336 e. The predicted molar refractivity (Wildman–Crippen MR) is 110 cm³/mol. The number of aromatic hydroxyl groups is 1. The highest BCUT2D eigenvalue weighted by atomic mass is 16.4. The molecule has 0 fully saturated rings. The Morgan fingerprint density at radius 1 is 0.857 bits per heavy atom. The van der Waals surface area contributed by atoms with Crippen LogP contribution in [-0.4, -0.2) is 11.3 Å². The highest BCUT2D eigenvalue weighted by molar-refractivity contribution is 6.11. The Morgan fingerprint density at radius 3 is 2.54 bits per heavy atom. The van der Waals surface area contributed by atoms with Crippen molar-refractivity contribution < 1.29 is 13.9 Å². The summed E-state index contributed by atoms with van der Waals surface area (Å²) >= 11 is 0. The Kier molecular flexibility index (Phi) is 3.55. The fraction of sp³-hybridized carbons (Fsp3) is 0.0435. The normalized spacial score (nSPS) is 11.9. The molecule has 0 saturated heterocycles. The molecule has 0 unspecified atom stereocenters. The van der Waals surface area contributed by atoms with Crippen molar-refractivity contribution in [3.63, 3.8) is 0 Å². The van der Waals surface area contributed by atoms with E-state index < -0.39 is 5.63 Å². The van der Waals surface area contributed by atoms with Gasteiger partial charge in [-0.1, -0.05) is 24.3 Å². The molecule has 5 aromatic rings. The fourth-order valence-electron chi connectivity index (χ4n) is 3.39. The lowest BCUT2D eigenvalue weighted by atomic mass is 10.1. The SMILES string of the molecule is Cc1ccc(N=Cc2cc(=O)oc3cc4oc5ccccc5c4cc23)c(O)c1. The van der Waals surface area contributed by atoms with Crippen molar-refractivity contribution in [2.75, 3.05) is 0 Å². The zero-order chi connectivity index (χ0) is 19.3. The first-order valence-electron chi connectivity index (χ1n) is 8.81. The van der Waals surface area contributed by atoms with Crippen molar-refractivity contribution in [2.45, 2.75) is 6.92 Å². The van der Waals surface area contributed by atoms with Gasteiger partial charge in [-0.05, 0) is 36.8 Å².